The van der Waals surface area contributed by atoms with Crippen LogP contribution in [-0.2, 0) is 9.53 Å². The van der Waals surface area contributed by atoms with Crippen LogP contribution in [-0.4, -0.2) is 41.3 Å². The maximum absolute atomic E-state index is 11.9. The van der Waals surface area contributed by atoms with E-state index in [0.717, 1.165) is 0 Å². The van der Waals surface area contributed by atoms with Gasteiger partial charge >= 0.3 is 5.97 Å². The van der Waals surface area contributed by atoms with Gasteiger partial charge in [0.25, 0.3) is 0 Å². The van der Waals surface area contributed by atoms with Crippen molar-refractivity contribution in [3.63, 3.8) is 0 Å². The summed E-state index contributed by atoms with van der Waals surface area (Å²) in [6, 6.07) is 0. The van der Waals surface area contributed by atoms with Gasteiger partial charge in [0.2, 0.25) is 5.91 Å². The third-order valence-corrected chi connectivity index (χ3v) is 3.52. The number of carbonyl (C=O) groups is 2. The van der Waals surface area contributed by atoms with Crippen LogP contribution in [0, 0.1) is 5.92 Å². The third kappa shape index (κ3) is 2.82. The Morgan fingerprint density at radius 1 is 1.68 bits per heavy atom. The number of rotatable bonds is 3. The molecule has 1 fully saturated rings. The number of ether oxygens (including phenoxy) is 1. The van der Waals surface area contributed by atoms with Gasteiger partial charge in [-0.25, -0.2) is 14.8 Å². The van der Waals surface area contributed by atoms with Crippen molar-refractivity contribution in [2.75, 3.05) is 24.3 Å². The molecule has 1 aromatic heterocycles. The van der Waals surface area contributed by atoms with Crippen LogP contribution >= 0.6 is 24.2 Å². The molecule has 1 aliphatic heterocycles. The molecule has 1 atom stereocenters. The van der Waals surface area contributed by atoms with E-state index in [9.17, 15) is 9.59 Å². The molecule has 0 spiro atoms. The normalized spacial score (nSPS) is 18.8. The lowest BCUT2D eigenvalue weighted by molar-refractivity contribution is -0.117. The van der Waals surface area contributed by atoms with Crippen molar-refractivity contribution in [3.8, 4) is 0 Å². The lowest BCUT2D eigenvalue weighted by Crippen LogP contribution is -2.28. The summed E-state index contributed by atoms with van der Waals surface area (Å²) in [5.74, 6) is 0.133. The number of hydrogen-bond acceptors (Lipinski definition) is 6. The molecule has 0 aromatic carbocycles. The number of aromatic nitrogens is 2. The molecule has 0 aliphatic carbocycles. The number of esters is 1. The fourth-order valence-electron chi connectivity index (χ4n) is 1.90. The van der Waals surface area contributed by atoms with Crippen LogP contribution < -0.4 is 4.90 Å². The van der Waals surface area contributed by atoms with E-state index in [1.54, 1.807) is 0 Å². The van der Waals surface area contributed by atoms with Crippen molar-refractivity contribution in [3.05, 3.63) is 17.0 Å². The highest BCUT2D eigenvalue weighted by Crippen LogP contribution is 2.27. The van der Waals surface area contributed by atoms with Gasteiger partial charge < -0.3 is 4.74 Å². The molecule has 0 saturated carbocycles. The van der Waals surface area contributed by atoms with E-state index in [0.29, 0.717) is 18.7 Å². The van der Waals surface area contributed by atoms with Crippen molar-refractivity contribution >= 4 is 41.9 Å². The number of nitrogens with zero attached hydrogens (tertiary/aromatic N) is 3. The quantitative estimate of drug-likeness (QED) is 0.671. The maximum atomic E-state index is 11.9. The van der Waals surface area contributed by atoms with Crippen molar-refractivity contribution < 1.29 is 14.3 Å². The maximum Gasteiger partial charge on any atom is 0.360 e. The number of hydrogen-bond donors (Lipinski definition) is 1. The van der Waals surface area contributed by atoms with Gasteiger partial charge in [0.1, 0.15) is 5.15 Å². The molecule has 2 heterocycles. The summed E-state index contributed by atoms with van der Waals surface area (Å²) >= 11 is 9.90. The van der Waals surface area contributed by atoms with E-state index >= 15 is 0 Å². The van der Waals surface area contributed by atoms with Gasteiger partial charge in [0.05, 0.1) is 13.3 Å². The lowest BCUT2D eigenvalue weighted by atomic mass is 10.1. The molecule has 8 heteroatoms. The summed E-state index contributed by atoms with van der Waals surface area (Å²) < 4.78 is 4.63. The Morgan fingerprint density at radius 2 is 2.42 bits per heavy atom. The first-order chi connectivity index (χ1) is 9.06. The summed E-state index contributed by atoms with van der Waals surface area (Å²) in [6.07, 6.45) is 1.68. The summed E-state index contributed by atoms with van der Waals surface area (Å²) in [5, 5.41) is 0.0709. The molecule has 0 bridgehead atoms. The first-order valence-corrected chi connectivity index (χ1v) is 6.60. The lowest BCUT2D eigenvalue weighted by Gasteiger charge is -2.17. The SMILES string of the molecule is COC(=O)c1nc(Cl)cnc1N1CC(CS)CC1=O. The molecule has 1 unspecified atom stereocenters. The van der Waals surface area contributed by atoms with Crippen molar-refractivity contribution in [2.45, 2.75) is 6.42 Å². The largest absolute Gasteiger partial charge is 0.464 e. The predicted molar refractivity (Wildman–Crippen MR) is 72.7 cm³/mol. The number of methoxy groups -OCH3 is 1. The molecule has 1 aliphatic rings. The average Bonchev–Trinajstić information content (AvgIpc) is 2.79. The fraction of sp³-hybridized carbons (Fsp3) is 0.455. The monoisotopic (exact) mass is 301 g/mol. The second-order valence-electron chi connectivity index (χ2n) is 4.11. The zero-order valence-electron chi connectivity index (χ0n) is 10.2. The molecule has 2 rings (SSSR count). The molecule has 0 radical (unpaired) electrons. The number of thiol groups is 1. The number of amides is 1. The van der Waals surface area contributed by atoms with Crippen LogP contribution in [0.2, 0.25) is 5.15 Å². The van der Waals surface area contributed by atoms with Crippen molar-refractivity contribution in [1.82, 2.24) is 9.97 Å². The number of halogens is 1. The first kappa shape index (κ1) is 14.1. The van der Waals surface area contributed by atoms with Gasteiger partial charge in [-0.3, -0.25) is 9.69 Å². The van der Waals surface area contributed by atoms with Gasteiger partial charge in [0.15, 0.2) is 11.5 Å². The van der Waals surface area contributed by atoms with Gasteiger partial charge in [-0.15, -0.1) is 0 Å². The zero-order chi connectivity index (χ0) is 14.0. The molecular formula is C11H12ClN3O3S. The van der Waals surface area contributed by atoms with Gasteiger partial charge in [-0.05, 0) is 11.7 Å². The summed E-state index contributed by atoms with van der Waals surface area (Å²) in [5.41, 5.74) is -0.0526. The Balaban J connectivity index is 2.39. The Bertz CT molecular complexity index is 526. The average molecular weight is 302 g/mol. The van der Waals surface area contributed by atoms with Crippen LogP contribution in [0.15, 0.2) is 6.20 Å². The van der Waals surface area contributed by atoms with Gasteiger partial charge in [0, 0.05) is 13.0 Å². The van der Waals surface area contributed by atoms with E-state index in [-0.39, 0.29) is 28.5 Å². The van der Waals surface area contributed by atoms with Gasteiger partial charge in [-0.1, -0.05) is 11.6 Å². The highest BCUT2D eigenvalue weighted by atomic mass is 35.5. The van der Waals surface area contributed by atoms with Crippen LogP contribution in [0.25, 0.3) is 0 Å². The topological polar surface area (TPSA) is 72.4 Å². The van der Waals surface area contributed by atoms with E-state index in [4.69, 9.17) is 11.6 Å². The Morgan fingerprint density at radius 3 is 3.00 bits per heavy atom. The van der Waals surface area contributed by atoms with Crippen LogP contribution in [0.3, 0.4) is 0 Å². The molecule has 1 amide bonds. The van der Waals surface area contributed by atoms with Crippen LogP contribution in [0.1, 0.15) is 16.9 Å². The van der Waals surface area contributed by atoms with Crippen molar-refractivity contribution in [2.24, 2.45) is 5.92 Å². The molecule has 6 nitrogen and oxygen atoms in total. The van der Waals surface area contributed by atoms with E-state index in [2.05, 4.69) is 27.3 Å². The standard InChI is InChI=1S/C11H12ClN3O3S/c1-18-11(17)9-10(13-3-7(12)14-9)15-4-6(5-19)2-8(15)16/h3,6,19H,2,4-5H2,1H3. The van der Waals surface area contributed by atoms with E-state index < -0.39 is 5.97 Å². The molecule has 102 valence electrons. The van der Waals surface area contributed by atoms with Crippen molar-refractivity contribution in [1.29, 1.82) is 0 Å². The Kier molecular flexibility index (Phi) is 4.26. The highest BCUT2D eigenvalue weighted by Gasteiger charge is 2.33. The second kappa shape index (κ2) is 5.75. The summed E-state index contributed by atoms with van der Waals surface area (Å²) in [7, 11) is 1.23. The van der Waals surface area contributed by atoms with Crippen LogP contribution in [0.5, 0.6) is 0 Å². The van der Waals surface area contributed by atoms with Gasteiger partial charge in [-0.2, -0.15) is 12.6 Å². The smallest absolute Gasteiger partial charge is 0.360 e. The molecular weight excluding hydrogens is 290 g/mol. The minimum atomic E-state index is -0.674. The second-order valence-corrected chi connectivity index (χ2v) is 4.87. The first-order valence-electron chi connectivity index (χ1n) is 5.59. The third-order valence-electron chi connectivity index (χ3n) is 2.82. The fourth-order valence-corrected chi connectivity index (χ4v) is 2.28. The summed E-state index contributed by atoms with van der Waals surface area (Å²) in [6.45, 7) is 0.461. The highest BCUT2D eigenvalue weighted by molar-refractivity contribution is 7.80. The van der Waals surface area contributed by atoms with Crippen LogP contribution in [0.4, 0.5) is 5.82 Å². The molecule has 19 heavy (non-hydrogen) atoms. The zero-order valence-corrected chi connectivity index (χ0v) is 11.8. The van der Waals surface area contributed by atoms with E-state index in [1.165, 1.54) is 18.2 Å². The molecule has 1 aromatic rings. The Labute approximate surface area is 120 Å². The minimum absolute atomic E-state index is 0.0526. The molecule has 0 N–H and O–H groups in total. The minimum Gasteiger partial charge on any atom is -0.464 e. The van der Waals surface area contributed by atoms with E-state index in [1.807, 2.05) is 0 Å². The molecule has 1 saturated heterocycles. The Hall–Kier alpha value is -1.34. The number of carbonyl (C=O) groups excluding carboxylic acids is 2. The summed E-state index contributed by atoms with van der Waals surface area (Å²) in [4.78, 5) is 32.9. The number of anilines is 1. The predicted octanol–water partition coefficient (Wildman–Crippen LogP) is 1.20.